The predicted molar refractivity (Wildman–Crippen MR) is 509 cm³/mol. The lowest BCUT2D eigenvalue weighted by molar-refractivity contribution is -0.131. The second kappa shape index (κ2) is 52.1. The lowest BCUT2D eigenvalue weighted by atomic mass is 9.97. The number of unbranched alkanes of at least 4 members (excludes halogenated alkanes) is 10. The van der Waals surface area contributed by atoms with Gasteiger partial charge in [0.05, 0.1) is 106 Å². The molecule has 3 fully saturated rings. The van der Waals surface area contributed by atoms with Crippen LogP contribution in [0.3, 0.4) is 0 Å². The highest BCUT2D eigenvalue weighted by Crippen LogP contribution is 2.31. The van der Waals surface area contributed by atoms with Crippen molar-refractivity contribution in [2.75, 3.05) is 33.0 Å². The van der Waals surface area contributed by atoms with Crippen LogP contribution in [0.2, 0.25) is 0 Å². The molecule has 15 rings (SSSR count). The number of rotatable bonds is 40. The van der Waals surface area contributed by atoms with Gasteiger partial charge in [-0.2, -0.15) is 0 Å². The topological polar surface area (TPSA) is 349 Å². The van der Waals surface area contributed by atoms with Crippen LogP contribution >= 0.6 is 79.4 Å². The Labute approximate surface area is 769 Å². The molecule has 3 aliphatic heterocycles. The van der Waals surface area contributed by atoms with E-state index in [1.807, 2.05) is 121 Å². The SMILES string of the molecule is CCCCCC(NC(=O)C1CCCO1)C(=O)c1nc2ccccc2s1.CCCCCC(NC(=O)C1CCCOC1)C(=O)c1nc2ccccc2s1.CCCCCC(NC(=O)C1CCOCC1)C(=O)c1nc2ccccc2s1.CCCCCC(NC(=O)c1cncs1)C(=O)c1nc2ccccc2s1.CCCCCC(NC(=O)c1nccs1)C(=O)c1nc2ccccc2s1. The minimum atomic E-state index is -0.566. The van der Waals surface area contributed by atoms with E-state index >= 15 is 0 Å². The first-order valence-corrected chi connectivity index (χ1v) is 50.3. The summed E-state index contributed by atoms with van der Waals surface area (Å²) in [6, 6.07) is 35.9. The highest BCUT2D eigenvalue weighted by Gasteiger charge is 2.35. The molecule has 0 aliphatic carbocycles. The molecule has 127 heavy (non-hydrogen) atoms. The Balaban J connectivity index is 0.000000154. The maximum Gasteiger partial charge on any atom is 0.280 e. The zero-order chi connectivity index (χ0) is 89.7. The number of aromatic nitrogens is 7. The van der Waals surface area contributed by atoms with Crippen LogP contribution in [0.15, 0.2) is 145 Å². The third-order valence-corrected chi connectivity index (χ3v) is 28.6. The van der Waals surface area contributed by atoms with Gasteiger partial charge in [0.15, 0.2) is 30.0 Å². The fourth-order valence-electron chi connectivity index (χ4n) is 14.6. The molecule has 3 saturated heterocycles. The van der Waals surface area contributed by atoms with E-state index in [9.17, 15) is 47.9 Å². The van der Waals surface area contributed by atoms with Crippen molar-refractivity contribution in [3.8, 4) is 0 Å². The Kier molecular flexibility index (Phi) is 40.2. The second-order valence-electron chi connectivity index (χ2n) is 31.5. The third kappa shape index (κ3) is 29.5. The molecule has 7 unspecified atom stereocenters. The number of nitrogens with zero attached hydrogens (tertiary/aromatic N) is 7. The van der Waals surface area contributed by atoms with E-state index in [0.29, 0.717) is 100 Å². The minimum absolute atomic E-state index is 0.0238. The zero-order valence-electron chi connectivity index (χ0n) is 72.7. The van der Waals surface area contributed by atoms with E-state index in [1.54, 1.807) is 17.1 Å². The molecule has 10 heterocycles. The summed E-state index contributed by atoms with van der Waals surface area (Å²) in [6.07, 6.45) is 25.7. The van der Waals surface area contributed by atoms with Crippen molar-refractivity contribution in [2.24, 2.45) is 11.8 Å². The molecule has 0 spiro atoms. The van der Waals surface area contributed by atoms with Crippen molar-refractivity contribution < 1.29 is 62.2 Å². The minimum Gasteiger partial charge on any atom is -0.381 e. The Morgan fingerprint density at radius 2 is 0.709 bits per heavy atom. The van der Waals surface area contributed by atoms with Crippen LogP contribution in [-0.4, -0.2) is 163 Å². The molecule has 25 nitrogen and oxygen atoms in total. The van der Waals surface area contributed by atoms with Crippen LogP contribution in [0.1, 0.15) is 270 Å². The van der Waals surface area contributed by atoms with Crippen LogP contribution in [0.4, 0.5) is 0 Å². The van der Waals surface area contributed by atoms with Gasteiger partial charge in [-0.15, -0.1) is 79.4 Å². The van der Waals surface area contributed by atoms with Crippen molar-refractivity contribution >= 4 is 189 Å². The maximum atomic E-state index is 13.0. The summed E-state index contributed by atoms with van der Waals surface area (Å²) in [4.78, 5) is 158. The average Bonchev–Trinajstić information content (AvgIpc) is 1.70. The van der Waals surface area contributed by atoms with Crippen LogP contribution in [-0.2, 0) is 28.6 Å². The Hall–Kier alpha value is -9.61. The van der Waals surface area contributed by atoms with E-state index in [1.165, 1.54) is 85.6 Å². The summed E-state index contributed by atoms with van der Waals surface area (Å²) in [5.41, 5.74) is 5.74. The average molecular weight is 1860 g/mol. The first kappa shape index (κ1) is 98.0. The first-order chi connectivity index (χ1) is 61.9. The lowest BCUT2D eigenvalue weighted by Crippen LogP contribution is -2.45. The number of benzene rings is 5. The largest absolute Gasteiger partial charge is 0.381 e. The van der Waals surface area contributed by atoms with Crippen molar-refractivity contribution in [2.45, 2.75) is 238 Å². The molecular weight excluding hydrogens is 1740 g/mol. The predicted octanol–water partition coefficient (Wildman–Crippen LogP) is 20.3. The number of carbonyl (C=O) groups excluding carboxylic acids is 10. The summed E-state index contributed by atoms with van der Waals surface area (Å²) < 4.78 is 21.1. The highest BCUT2D eigenvalue weighted by molar-refractivity contribution is 7.22. The fraction of sp³-hybridized carbons (Fsp3) is 0.463. The van der Waals surface area contributed by atoms with E-state index in [4.69, 9.17) is 14.2 Å². The molecule has 0 radical (unpaired) electrons. The number of carbonyl (C=O) groups is 10. The quantitative estimate of drug-likeness (QED) is 0.0176. The van der Waals surface area contributed by atoms with E-state index < -0.39 is 36.3 Å². The number of nitrogens with one attached hydrogen (secondary N) is 5. The van der Waals surface area contributed by atoms with Crippen molar-refractivity contribution in [1.82, 2.24) is 61.5 Å². The summed E-state index contributed by atoms with van der Waals surface area (Å²) >= 11 is 9.47. The summed E-state index contributed by atoms with van der Waals surface area (Å²) in [7, 11) is 0. The molecule has 7 atom stereocenters. The Bertz CT molecular complexity index is 5080. The highest BCUT2D eigenvalue weighted by atomic mass is 32.1. The van der Waals surface area contributed by atoms with Gasteiger partial charge in [-0.25, -0.2) is 29.9 Å². The van der Waals surface area contributed by atoms with Crippen LogP contribution in [0.25, 0.3) is 51.1 Å². The smallest absolute Gasteiger partial charge is 0.280 e. The number of thiazole rings is 7. The lowest BCUT2D eigenvalue weighted by Gasteiger charge is -2.24. The molecule has 7 aromatic heterocycles. The van der Waals surface area contributed by atoms with E-state index in [-0.39, 0.29) is 70.3 Å². The molecule has 32 heteroatoms. The number of ether oxygens (including phenoxy) is 3. The molecule has 674 valence electrons. The monoisotopic (exact) mass is 1850 g/mol. The summed E-state index contributed by atoms with van der Waals surface area (Å²) in [6.45, 7) is 13.6. The van der Waals surface area contributed by atoms with E-state index in [2.05, 4.69) is 96.1 Å². The summed E-state index contributed by atoms with van der Waals surface area (Å²) in [5, 5.41) is 19.1. The molecular formula is C95H114N12O13S7. The molecule has 5 N–H and O–H groups in total. The van der Waals surface area contributed by atoms with Gasteiger partial charge in [0.1, 0.15) is 11.0 Å². The molecule has 5 aromatic carbocycles. The van der Waals surface area contributed by atoms with Gasteiger partial charge in [-0.05, 0) is 131 Å². The molecule has 3 aliphatic rings. The third-order valence-electron chi connectivity index (χ3n) is 21.8. The van der Waals surface area contributed by atoms with Crippen LogP contribution in [0, 0.1) is 11.8 Å². The fourth-order valence-corrected chi connectivity index (χ4v) is 20.5. The van der Waals surface area contributed by atoms with Gasteiger partial charge in [0.2, 0.25) is 46.6 Å². The number of hydrogen-bond donors (Lipinski definition) is 5. The first-order valence-electron chi connectivity index (χ1n) is 44.5. The Morgan fingerprint density at radius 1 is 0.362 bits per heavy atom. The van der Waals surface area contributed by atoms with Gasteiger partial charge in [0, 0.05) is 43.9 Å². The Morgan fingerprint density at radius 3 is 1.02 bits per heavy atom. The number of Topliss-reactive ketones (excluding diaryl/α,β-unsaturated/α-hetero) is 5. The number of hydrogen-bond acceptors (Lipinski definition) is 27. The molecule has 0 saturated carbocycles. The van der Waals surface area contributed by atoms with E-state index in [0.717, 1.165) is 186 Å². The van der Waals surface area contributed by atoms with Crippen LogP contribution < -0.4 is 26.6 Å². The molecule has 5 amide bonds. The van der Waals surface area contributed by atoms with Crippen LogP contribution in [0.5, 0.6) is 0 Å². The zero-order valence-corrected chi connectivity index (χ0v) is 78.4. The van der Waals surface area contributed by atoms with Crippen molar-refractivity contribution in [1.29, 1.82) is 0 Å². The second-order valence-corrected chi connectivity index (χ2v) is 38.4. The van der Waals surface area contributed by atoms with Gasteiger partial charge < -0.3 is 40.8 Å². The van der Waals surface area contributed by atoms with Crippen molar-refractivity contribution in [3.63, 3.8) is 0 Å². The molecule has 12 aromatic rings. The number of amides is 5. The normalized spacial score (nSPS) is 15.6. The number of ketones is 5. The van der Waals surface area contributed by atoms with Gasteiger partial charge in [-0.3, -0.25) is 52.9 Å². The van der Waals surface area contributed by atoms with Gasteiger partial charge >= 0.3 is 0 Å². The van der Waals surface area contributed by atoms with Crippen molar-refractivity contribution in [3.05, 3.63) is 180 Å². The van der Waals surface area contributed by atoms with Gasteiger partial charge in [0.25, 0.3) is 11.8 Å². The summed E-state index contributed by atoms with van der Waals surface area (Å²) in [5.74, 6) is -1.50. The maximum absolute atomic E-state index is 13.0. The van der Waals surface area contributed by atoms with Gasteiger partial charge in [-0.1, -0.05) is 192 Å². The number of para-hydroxylation sites is 5. The number of fused-ring (bicyclic) bond motifs is 5. The standard InChI is InChI=1S/2C20H26N2O3S.C19H24N2O3S.2C18H19N3O2S2/c1-2-3-4-10-16(21-19(24)14-8-7-12-25-13-14)18(23)20-22-15-9-5-6-11-17(15)26-20;1-2-3-4-8-16(21-19(24)14-10-12-25-13-11-14)18(23)20-22-15-7-5-6-9-17(15)26-20;1-2-3-4-9-14(20-18(23)15-10-7-12-24-15)17(22)19-21-13-8-5-6-11-16(13)25-19;1-2-3-4-8-13(20-17(23)15-10-19-11-24-15)16(22)18-21-12-7-5-6-9-14(12)25-18;1-2-3-4-8-13(20-16(23)18-19-10-11-24-18)15(22)17-21-12-7-5-6-9-14(12)25-17/h5-6,9,11,14,16H,2-4,7-8,10,12-13H2,1H3,(H,21,24);5-7,9,14,16H,2-4,8,10-13H2,1H3,(H,21,24);5-6,8,11,14-15H,2-4,7,9-10,12H2,1H3,(H,20,23);2*5-7,9-11,13H,2-4,8H2,1H3,(H,20,23). The molecule has 0 bridgehead atoms.